The Morgan fingerprint density at radius 3 is 2.19 bits per heavy atom. The van der Waals surface area contributed by atoms with Gasteiger partial charge in [0, 0.05) is 18.1 Å². The van der Waals surface area contributed by atoms with Crippen LogP contribution in [0.4, 0.5) is 0 Å². The van der Waals surface area contributed by atoms with Crippen LogP contribution >= 0.6 is 0 Å². The molecular weight excluding hydrogens is 264 g/mol. The molecule has 0 unspecified atom stereocenters. The predicted octanol–water partition coefficient (Wildman–Crippen LogP) is 3.83. The van der Waals surface area contributed by atoms with Gasteiger partial charge in [-0.25, -0.2) is 0 Å². The van der Waals surface area contributed by atoms with Gasteiger partial charge in [-0.3, -0.25) is 4.79 Å². The van der Waals surface area contributed by atoms with E-state index in [4.69, 9.17) is 9.47 Å². The molecule has 0 atom stereocenters. The van der Waals surface area contributed by atoms with Crippen molar-refractivity contribution in [2.24, 2.45) is 0 Å². The van der Waals surface area contributed by atoms with Gasteiger partial charge in [0.1, 0.15) is 11.5 Å². The Morgan fingerprint density at radius 1 is 1.00 bits per heavy atom. The van der Waals surface area contributed by atoms with Crippen LogP contribution in [0.15, 0.2) is 42.5 Å². The molecule has 0 aliphatic heterocycles. The maximum atomic E-state index is 12.4. The Kier molecular flexibility index (Phi) is 4.99. The van der Waals surface area contributed by atoms with Gasteiger partial charge in [-0.2, -0.15) is 0 Å². The van der Waals surface area contributed by atoms with Crippen molar-refractivity contribution >= 4 is 5.78 Å². The number of carbonyl (C=O) groups excluding carboxylic acids is 1. The van der Waals surface area contributed by atoms with Crippen molar-refractivity contribution in [3.8, 4) is 11.5 Å². The van der Waals surface area contributed by atoms with Crippen molar-refractivity contribution in [2.75, 3.05) is 14.2 Å². The van der Waals surface area contributed by atoms with Crippen LogP contribution in [-0.2, 0) is 6.42 Å². The molecule has 0 aromatic heterocycles. The molecule has 0 heterocycles. The summed E-state index contributed by atoms with van der Waals surface area (Å²) in [4.78, 5) is 12.4. The summed E-state index contributed by atoms with van der Waals surface area (Å²) in [6, 6.07) is 13.4. The van der Waals surface area contributed by atoms with Gasteiger partial charge in [0.2, 0.25) is 0 Å². The van der Waals surface area contributed by atoms with Gasteiger partial charge >= 0.3 is 0 Å². The first-order valence-electron chi connectivity index (χ1n) is 6.95. The molecule has 2 aromatic carbocycles. The highest BCUT2D eigenvalue weighted by Crippen LogP contribution is 2.24. The Hall–Kier alpha value is -2.29. The fourth-order valence-electron chi connectivity index (χ4n) is 2.25. The van der Waals surface area contributed by atoms with Crippen molar-refractivity contribution in [1.82, 2.24) is 0 Å². The van der Waals surface area contributed by atoms with Crippen molar-refractivity contribution in [3.63, 3.8) is 0 Å². The summed E-state index contributed by atoms with van der Waals surface area (Å²) in [5.74, 6) is 1.36. The molecule has 21 heavy (non-hydrogen) atoms. The molecular formula is C18H20O3. The Bertz CT molecular complexity index is 610. The molecule has 3 heteroatoms. The molecule has 0 saturated heterocycles. The number of ether oxygens (including phenoxy) is 2. The zero-order chi connectivity index (χ0) is 15.2. The third-order valence-electron chi connectivity index (χ3n) is 3.56. The predicted molar refractivity (Wildman–Crippen MR) is 83.4 cm³/mol. The SMILES string of the molecule is COc1cc(OC)cc(C(=O)CCc2ccccc2C)c1. The summed E-state index contributed by atoms with van der Waals surface area (Å²) in [6.07, 6.45) is 1.21. The average Bonchev–Trinajstić information content (AvgIpc) is 2.53. The van der Waals surface area contributed by atoms with Gasteiger partial charge in [-0.05, 0) is 36.6 Å². The van der Waals surface area contributed by atoms with Crippen LogP contribution in [0.2, 0.25) is 0 Å². The molecule has 0 aliphatic rings. The number of methoxy groups -OCH3 is 2. The number of rotatable bonds is 6. The fourth-order valence-corrected chi connectivity index (χ4v) is 2.25. The second-order valence-electron chi connectivity index (χ2n) is 4.95. The second-order valence-corrected chi connectivity index (χ2v) is 4.95. The maximum absolute atomic E-state index is 12.4. The molecule has 0 aliphatic carbocycles. The van der Waals surface area contributed by atoms with E-state index in [9.17, 15) is 4.79 Å². The van der Waals surface area contributed by atoms with Crippen LogP contribution in [0.25, 0.3) is 0 Å². The summed E-state index contributed by atoms with van der Waals surface area (Å²) in [7, 11) is 3.16. The van der Waals surface area contributed by atoms with E-state index in [0.717, 1.165) is 6.42 Å². The van der Waals surface area contributed by atoms with Crippen molar-refractivity contribution in [2.45, 2.75) is 19.8 Å². The maximum Gasteiger partial charge on any atom is 0.163 e. The van der Waals surface area contributed by atoms with Gasteiger partial charge in [0.05, 0.1) is 14.2 Å². The molecule has 0 spiro atoms. The molecule has 0 bridgehead atoms. The number of benzene rings is 2. The number of hydrogen-bond acceptors (Lipinski definition) is 3. The van der Waals surface area contributed by atoms with Crippen molar-refractivity contribution in [1.29, 1.82) is 0 Å². The number of hydrogen-bond donors (Lipinski definition) is 0. The van der Waals surface area contributed by atoms with E-state index in [1.54, 1.807) is 32.4 Å². The first kappa shape index (κ1) is 15.1. The van der Waals surface area contributed by atoms with Crippen molar-refractivity contribution in [3.05, 3.63) is 59.2 Å². The highest BCUT2D eigenvalue weighted by molar-refractivity contribution is 5.97. The van der Waals surface area contributed by atoms with Crippen LogP contribution < -0.4 is 9.47 Å². The van der Waals surface area contributed by atoms with Gasteiger partial charge in [-0.1, -0.05) is 24.3 Å². The third-order valence-corrected chi connectivity index (χ3v) is 3.56. The number of aryl methyl sites for hydroxylation is 2. The van der Waals surface area contributed by atoms with E-state index in [-0.39, 0.29) is 5.78 Å². The summed E-state index contributed by atoms with van der Waals surface area (Å²) >= 11 is 0. The number of ketones is 1. The minimum atomic E-state index is 0.0930. The molecule has 0 amide bonds. The van der Waals surface area contributed by atoms with E-state index in [0.29, 0.717) is 23.5 Å². The summed E-state index contributed by atoms with van der Waals surface area (Å²) in [5.41, 5.74) is 3.05. The molecule has 0 fully saturated rings. The second kappa shape index (κ2) is 6.93. The lowest BCUT2D eigenvalue weighted by atomic mass is 9.99. The lowest BCUT2D eigenvalue weighted by Crippen LogP contribution is -2.03. The minimum absolute atomic E-state index is 0.0930. The highest BCUT2D eigenvalue weighted by atomic mass is 16.5. The largest absolute Gasteiger partial charge is 0.497 e. The quantitative estimate of drug-likeness (QED) is 0.756. The van der Waals surface area contributed by atoms with Crippen LogP contribution in [0, 0.1) is 6.92 Å². The third kappa shape index (κ3) is 3.85. The summed E-state index contributed by atoms with van der Waals surface area (Å²) < 4.78 is 10.4. The van der Waals surface area contributed by atoms with Gasteiger partial charge < -0.3 is 9.47 Å². The normalized spacial score (nSPS) is 10.2. The van der Waals surface area contributed by atoms with E-state index in [2.05, 4.69) is 19.1 Å². The molecule has 2 rings (SSSR count). The summed E-state index contributed by atoms with van der Waals surface area (Å²) in [5, 5.41) is 0. The topological polar surface area (TPSA) is 35.5 Å². The van der Waals surface area contributed by atoms with E-state index in [1.165, 1.54) is 11.1 Å². The first-order chi connectivity index (χ1) is 10.1. The van der Waals surface area contributed by atoms with Crippen LogP contribution in [0.3, 0.4) is 0 Å². The zero-order valence-electron chi connectivity index (χ0n) is 12.7. The molecule has 110 valence electrons. The summed E-state index contributed by atoms with van der Waals surface area (Å²) in [6.45, 7) is 2.06. The first-order valence-corrected chi connectivity index (χ1v) is 6.95. The monoisotopic (exact) mass is 284 g/mol. The Labute approximate surface area is 125 Å². The minimum Gasteiger partial charge on any atom is -0.497 e. The Morgan fingerprint density at radius 2 is 1.62 bits per heavy atom. The van der Waals surface area contributed by atoms with Gasteiger partial charge in [0.15, 0.2) is 5.78 Å². The fraction of sp³-hybridized carbons (Fsp3) is 0.278. The van der Waals surface area contributed by atoms with Crippen LogP contribution in [0.1, 0.15) is 27.9 Å². The molecule has 0 N–H and O–H groups in total. The molecule has 0 radical (unpaired) electrons. The average molecular weight is 284 g/mol. The lowest BCUT2D eigenvalue weighted by molar-refractivity contribution is 0.0982. The van der Waals surface area contributed by atoms with Crippen molar-refractivity contribution < 1.29 is 14.3 Å². The smallest absolute Gasteiger partial charge is 0.163 e. The Balaban J connectivity index is 2.11. The number of Topliss-reactive ketones (excluding diaryl/α,β-unsaturated/α-hetero) is 1. The highest BCUT2D eigenvalue weighted by Gasteiger charge is 2.10. The molecule has 3 nitrogen and oxygen atoms in total. The van der Waals surface area contributed by atoms with Gasteiger partial charge in [-0.15, -0.1) is 0 Å². The van der Waals surface area contributed by atoms with E-state index < -0.39 is 0 Å². The lowest BCUT2D eigenvalue weighted by Gasteiger charge is -2.08. The molecule has 2 aromatic rings. The zero-order valence-corrected chi connectivity index (χ0v) is 12.7. The van der Waals surface area contributed by atoms with Gasteiger partial charge in [0.25, 0.3) is 0 Å². The molecule has 0 saturated carbocycles. The van der Waals surface area contributed by atoms with E-state index >= 15 is 0 Å². The van der Waals surface area contributed by atoms with Crippen LogP contribution in [-0.4, -0.2) is 20.0 Å². The number of carbonyl (C=O) groups is 1. The standard InChI is InChI=1S/C18H20O3/c1-13-6-4-5-7-14(13)8-9-18(19)15-10-16(20-2)12-17(11-15)21-3/h4-7,10-12H,8-9H2,1-3H3. The van der Waals surface area contributed by atoms with Crippen LogP contribution in [0.5, 0.6) is 11.5 Å². The van der Waals surface area contributed by atoms with E-state index in [1.807, 2.05) is 12.1 Å².